The first-order valence-electron chi connectivity index (χ1n) is 11.3. The fourth-order valence-corrected chi connectivity index (χ4v) is 4.27. The summed E-state index contributed by atoms with van der Waals surface area (Å²) < 4.78 is 1.97. The van der Waals surface area contributed by atoms with Crippen molar-refractivity contribution in [2.75, 3.05) is 11.1 Å². The molecule has 1 N–H and O–H groups in total. The van der Waals surface area contributed by atoms with Gasteiger partial charge in [0.1, 0.15) is 5.69 Å². The summed E-state index contributed by atoms with van der Waals surface area (Å²) in [6.45, 7) is 0. The van der Waals surface area contributed by atoms with E-state index in [0.29, 0.717) is 16.5 Å². The Bertz CT molecular complexity index is 1520. The van der Waals surface area contributed by atoms with Crippen molar-refractivity contribution >= 4 is 23.4 Å². The lowest BCUT2D eigenvalue weighted by atomic mass is 10.2. The van der Waals surface area contributed by atoms with E-state index in [0.717, 1.165) is 22.6 Å². The second-order valence-corrected chi connectivity index (χ2v) is 8.67. The third-order valence-corrected chi connectivity index (χ3v) is 6.09. The Labute approximate surface area is 213 Å². The summed E-state index contributed by atoms with van der Waals surface area (Å²) in [5.41, 5.74) is 4.06. The number of benzene rings is 3. The zero-order chi connectivity index (χ0) is 24.6. The predicted octanol–water partition coefficient (Wildman–Crippen LogP) is 5.46. The van der Waals surface area contributed by atoms with Gasteiger partial charge in [0.05, 0.1) is 5.75 Å². The van der Waals surface area contributed by atoms with Crippen LogP contribution in [-0.4, -0.2) is 31.4 Å². The molecule has 1 amide bonds. The Hall–Kier alpha value is -4.67. The second-order valence-electron chi connectivity index (χ2n) is 7.73. The smallest absolute Gasteiger partial charge is 0.234 e. The lowest BCUT2D eigenvalue weighted by Gasteiger charge is -2.10. The number of carbonyl (C=O) groups is 1. The minimum atomic E-state index is -0.140. The Morgan fingerprint density at radius 2 is 1.61 bits per heavy atom. The largest absolute Gasteiger partial charge is 0.325 e. The van der Waals surface area contributed by atoms with Gasteiger partial charge >= 0.3 is 0 Å². The molecular formula is C29H21N5OS. The maximum absolute atomic E-state index is 12.8. The molecule has 5 rings (SSSR count). The Balaban J connectivity index is 1.30. The number of amides is 1. The molecule has 0 fully saturated rings. The van der Waals surface area contributed by atoms with Gasteiger partial charge in [-0.15, -0.1) is 10.2 Å². The Morgan fingerprint density at radius 3 is 2.39 bits per heavy atom. The molecule has 0 aliphatic heterocycles. The summed E-state index contributed by atoms with van der Waals surface area (Å²) in [6, 6.07) is 32.8. The summed E-state index contributed by atoms with van der Waals surface area (Å²) in [4.78, 5) is 17.0. The first-order valence-corrected chi connectivity index (χ1v) is 12.3. The van der Waals surface area contributed by atoms with Crippen molar-refractivity contribution in [3.63, 3.8) is 0 Å². The van der Waals surface area contributed by atoms with E-state index < -0.39 is 0 Å². The standard InChI is InChI=1S/C29H21N5OS/c35-27(31-25-14-9-10-22(20-25)17-18-24-13-7-8-19-30-24)21-36-29-33-32-28(23-11-3-1-4-12-23)34(29)26-15-5-2-6-16-26/h1-16,19-20H,21H2,(H,31,35). The minimum Gasteiger partial charge on any atom is -0.325 e. The fraction of sp³-hybridized carbons (Fsp3) is 0.0345. The van der Waals surface area contributed by atoms with Crippen molar-refractivity contribution in [1.82, 2.24) is 19.7 Å². The third-order valence-electron chi connectivity index (χ3n) is 5.16. The van der Waals surface area contributed by atoms with Gasteiger partial charge < -0.3 is 5.32 Å². The molecule has 2 heterocycles. The normalized spacial score (nSPS) is 10.3. The van der Waals surface area contributed by atoms with Crippen LogP contribution < -0.4 is 5.32 Å². The summed E-state index contributed by atoms with van der Waals surface area (Å²) in [5, 5.41) is 12.4. The molecule has 3 aromatic carbocycles. The maximum Gasteiger partial charge on any atom is 0.234 e. The molecule has 0 radical (unpaired) electrons. The van der Waals surface area contributed by atoms with Gasteiger partial charge in [0.25, 0.3) is 0 Å². The molecule has 0 saturated carbocycles. The van der Waals surface area contributed by atoms with Crippen LogP contribution in [0.3, 0.4) is 0 Å². The van der Waals surface area contributed by atoms with Crippen molar-refractivity contribution in [2.24, 2.45) is 0 Å². The van der Waals surface area contributed by atoms with E-state index in [1.54, 1.807) is 6.20 Å². The quantitative estimate of drug-likeness (QED) is 0.254. The molecule has 0 aliphatic carbocycles. The highest BCUT2D eigenvalue weighted by molar-refractivity contribution is 7.99. The van der Waals surface area contributed by atoms with Crippen LogP contribution >= 0.6 is 11.8 Å². The van der Waals surface area contributed by atoms with E-state index in [9.17, 15) is 4.79 Å². The van der Waals surface area contributed by atoms with Gasteiger partial charge in [-0.2, -0.15) is 0 Å². The number of hydrogen-bond donors (Lipinski definition) is 1. The van der Waals surface area contributed by atoms with Gasteiger partial charge in [0.2, 0.25) is 5.91 Å². The third kappa shape index (κ3) is 5.69. The average molecular weight is 488 g/mol. The van der Waals surface area contributed by atoms with Crippen molar-refractivity contribution in [2.45, 2.75) is 5.16 Å². The predicted molar refractivity (Wildman–Crippen MR) is 143 cm³/mol. The van der Waals surface area contributed by atoms with Crippen LogP contribution in [-0.2, 0) is 4.79 Å². The van der Waals surface area contributed by atoms with Crippen molar-refractivity contribution in [1.29, 1.82) is 0 Å². The number of pyridine rings is 1. The van der Waals surface area contributed by atoms with Crippen LogP contribution in [0.2, 0.25) is 0 Å². The SMILES string of the molecule is O=C(CSc1nnc(-c2ccccc2)n1-c1ccccc1)Nc1cccc(C#Cc2ccccn2)c1. The highest BCUT2D eigenvalue weighted by atomic mass is 32.2. The van der Waals surface area contributed by atoms with Gasteiger partial charge in [-0.25, -0.2) is 4.98 Å². The zero-order valence-electron chi connectivity index (χ0n) is 19.2. The van der Waals surface area contributed by atoms with Crippen molar-refractivity contribution < 1.29 is 4.79 Å². The van der Waals surface area contributed by atoms with Crippen LogP contribution in [0.4, 0.5) is 5.69 Å². The number of anilines is 1. The summed E-state index contributed by atoms with van der Waals surface area (Å²) in [7, 11) is 0. The van der Waals surface area contributed by atoms with Crippen LogP contribution in [0.1, 0.15) is 11.3 Å². The highest BCUT2D eigenvalue weighted by Gasteiger charge is 2.17. The van der Waals surface area contributed by atoms with Crippen LogP contribution in [0.5, 0.6) is 0 Å². The molecule has 6 nitrogen and oxygen atoms in total. The van der Waals surface area contributed by atoms with Crippen LogP contribution in [0, 0.1) is 11.8 Å². The number of para-hydroxylation sites is 1. The van der Waals surface area contributed by atoms with Gasteiger partial charge in [0.15, 0.2) is 11.0 Å². The zero-order valence-corrected chi connectivity index (χ0v) is 20.0. The molecular weight excluding hydrogens is 466 g/mol. The maximum atomic E-state index is 12.8. The topological polar surface area (TPSA) is 72.7 Å². The average Bonchev–Trinajstić information content (AvgIpc) is 3.37. The van der Waals surface area contributed by atoms with E-state index in [2.05, 4.69) is 32.3 Å². The highest BCUT2D eigenvalue weighted by Crippen LogP contribution is 2.28. The molecule has 0 saturated heterocycles. The molecule has 36 heavy (non-hydrogen) atoms. The first-order chi connectivity index (χ1) is 17.8. The van der Waals surface area contributed by atoms with Gasteiger partial charge in [0, 0.05) is 28.7 Å². The minimum absolute atomic E-state index is 0.140. The first kappa shape index (κ1) is 23.1. The second kappa shape index (κ2) is 11.2. The monoisotopic (exact) mass is 487 g/mol. The molecule has 2 aromatic heterocycles. The molecule has 7 heteroatoms. The van der Waals surface area contributed by atoms with E-state index in [1.165, 1.54) is 11.8 Å². The van der Waals surface area contributed by atoms with Crippen molar-refractivity contribution in [3.05, 3.63) is 121 Å². The molecule has 5 aromatic rings. The Kier molecular flexibility index (Phi) is 7.16. The van der Waals surface area contributed by atoms with E-state index in [-0.39, 0.29) is 11.7 Å². The van der Waals surface area contributed by atoms with Crippen LogP contribution in [0.15, 0.2) is 114 Å². The van der Waals surface area contributed by atoms with E-state index >= 15 is 0 Å². The number of aromatic nitrogens is 4. The summed E-state index contributed by atoms with van der Waals surface area (Å²) in [6.07, 6.45) is 1.71. The number of hydrogen-bond acceptors (Lipinski definition) is 5. The van der Waals surface area contributed by atoms with Gasteiger partial charge in [-0.1, -0.05) is 78.3 Å². The number of nitrogens with one attached hydrogen (secondary N) is 1. The lowest BCUT2D eigenvalue weighted by Crippen LogP contribution is -2.14. The molecule has 174 valence electrons. The molecule has 0 atom stereocenters. The van der Waals surface area contributed by atoms with Crippen molar-refractivity contribution in [3.8, 4) is 28.9 Å². The van der Waals surface area contributed by atoms with E-state index in [1.807, 2.05) is 108 Å². The Morgan fingerprint density at radius 1 is 0.833 bits per heavy atom. The summed E-state index contributed by atoms with van der Waals surface area (Å²) >= 11 is 1.34. The number of carbonyl (C=O) groups excluding carboxylic acids is 1. The molecule has 0 aliphatic rings. The summed E-state index contributed by atoms with van der Waals surface area (Å²) in [5.74, 6) is 6.89. The van der Waals surface area contributed by atoms with Gasteiger partial charge in [-0.3, -0.25) is 9.36 Å². The van der Waals surface area contributed by atoms with Gasteiger partial charge in [-0.05, 0) is 48.4 Å². The lowest BCUT2D eigenvalue weighted by molar-refractivity contribution is -0.113. The molecule has 0 unspecified atom stereocenters. The van der Waals surface area contributed by atoms with Crippen LogP contribution in [0.25, 0.3) is 17.1 Å². The fourth-order valence-electron chi connectivity index (χ4n) is 3.52. The number of thioether (sulfide) groups is 1. The van der Waals surface area contributed by atoms with E-state index in [4.69, 9.17) is 0 Å². The number of rotatable bonds is 6. The number of nitrogens with zero attached hydrogens (tertiary/aromatic N) is 4. The molecule has 0 spiro atoms. The molecule has 0 bridgehead atoms.